The van der Waals surface area contributed by atoms with Crippen LogP contribution in [0.25, 0.3) is 16.8 Å². The van der Waals surface area contributed by atoms with Gasteiger partial charge in [0.05, 0.1) is 21.7 Å². The van der Waals surface area contributed by atoms with Gasteiger partial charge in [-0.15, -0.1) is 10.2 Å². The summed E-state index contributed by atoms with van der Waals surface area (Å²) in [6.07, 6.45) is 0. The fourth-order valence-corrected chi connectivity index (χ4v) is 5.27. The largest absolute Gasteiger partial charge is 0.328 e. The third kappa shape index (κ3) is 3.46. The molecule has 3 aromatic heterocycles. The number of imidazole rings is 1. The molecule has 0 spiro atoms. The molecule has 158 valence electrons. The lowest BCUT2D eigenvalue weighted by molar-refractivity contribution is 0.521. The Morgan fingerprint density at radius 1 is 1.10 bits per heavy atom. The van der Waals surface area contributed by atoms with E-state index in [1.807, 2.05) is 37.3 Å². The van der Waals surface area contributed by atoms with Crippen LogP contribution < -0.4 is 0 Å². The Kier molecular flexibility index (Phi) is 5.28. The molecule has 30 heavy (non-hydrogen) atoms. The average Bonchev–Trinajstić information content (AvgIpc) is 3.25. The fourth-order valence-electron chi connectivity index (χ4n) is 3.42. The molecule has 0 atom stereocenters. The van der Waals surface area contributed by atoms with Crippen molar-refractivity contribution >= 4 is 38.6 Å². The van der Waals surface area contributed by atoms with E-state index in [0.29, 0.717) is 17.0 Å². The van der Waals surface area contributed by atoms with Gasteiger partial charge >= 0.3 is 0 Å². The molecular formula is C19H23N7O2S2. The van der Waals surface area contributed by atoms with Crippen LogP contribution in [0.2, 0.25) is 0 Å². The van der Waals surface area contributed by atoms with Crippen molar-refractivity contribution < 1.29 is 8.42 Å². The van der Waals surface area contributed by atoms with Crippen molar-refractivity contribution in [1.29, 1.82) is 0 Å². The molecule has 0 N–H and O–H groups in total. The summed E-state index contributed by atoms with van der Waals surface area (Å²) >= 11 is 1.53. The number of thioether (sulfide) groups is 1. The Labute approximate surface area is 179 Å². The summed E-state index contributed by atoms with van der Waals surface area (Å²) in [5, 5.41) is 9.21. The molecule has 3 heterocycles. The van der Waals surface area contributed by atoms with Gasteiger partial charge < -0.3 is 4.57 Å². The van der Waals surface area contributed by atoms with E-state index in [9.17, 15) is 8.42 Å². The Balaban J connectivity index is 1.69. The average molecular weight is 446 g/mol. The lowest BCUT2D eigenvalue weighted by atomic mass is 10.3. The topological polar surface area (TPSA) is 98.3 Å². The molecular weight excluding hydrogens is 422 g/mol. The van der Waals surface area contributed by atoms with Crippen LogP contribution in [0.15, 0.2) is 34.3 Å². The molecule has 0 amide bonds. The van der Waals surface area contributed by atoms with E-state index in [4.69, 9.17) is 4.98 Å². The summed E-state index contributed by atoms with van der Waals surface area (Å²) in [6.45, 7) is 6.71. The standard InChI is InChI=1S/C19H23N7O2S2/c1-6-25-16-8-7-14(30(27,28)24(4)5)10-15(16)21-17(25)11-29-19-23-22-18-20-12(2)9-13(3)26(18)19/h7-10H,6,11H2,1-5H3. The van der Waals surface area contributed by atoms with Crippen molar-refractivity contribution in [2.45, 2.75) is 43.1 Å². The zero-order valence-corrected chi connectivity index (χ0v) is 19.1. The lowest BCUT2D eigenvalue weighted by Gasteiger charge is -2.11. The first-order valence-electron chi connectivity index (χ1n) is 9.46. The van der Waals surface area contributed by atoms with Crippen molar-refractivity contribution in [1.82, 2.24) is 33.4 Å². The van der Waals surface area contributed by atoms with E-state index in [1.54, 1.807) is 12.1 Å². The highest BCUT2D eigenvalue weighted by molar-refractivity contribution is 7.98. The van der Waals surface area contributed by atoms with Gasteiger partial charge in [0.15, 0.2) is 5.16 Å². The second-order valence-corrected chi connectivity index (χ2v) is 10.3. The summed E-state index contributed by atoms with van der Waals surface area (Å²) in [4.78, 5) is 9.38. The second-order valence-electron chi connectivity index (χ2n) is 7.16. The van der Waals surface area contributed by atoms with Crippen LogP contribution >= 0.6 is 11.8 Å². The zero-order valence-electron chi connectivity index (χ0n) is 17.5. The van der Waals surface area contributed by atoms with Gasteiger partial charge in [-0.05, 0) is 45.0 Å². The number of aromatic nitrogens is 6. The van der Waals surface area contributed by atoms with Gasteiger partial charge in [0.25, 0.3) is 5.78 Å². The maximum absolute atomic E-state index is 12.5. The van der Waals surface area contributed by atoms with Gasteiger partial charge in [-0.2, -0.15) is 0 Å². The smallest absolute Gasteiger partial charge is 0.256 e. The molecule has 4 rings (SSSR count). The van der Waals surface area contributed by atoms with Crippen molar-refractivity contribution in [3.05, 3.63) is 41.5 Å². The first-order chi connectivity index (χ1) is 14.2. The third-order valence-electron chi connectivity index (χ3n) is 4.89. The van der Waals surface area contributed by atoms with Gasteiger partial charge in [0.1, 0.15) is 5.82 Å². The minimum Gasteiger partial charge on any atom is -0.328 e. The number of hydrogen-bond donors (Lipinski definition) is 0. The van der Waals surface area contributed by atoms with Gasteiger partial charge in [0, 0.05) is 32.0 Å². The molecule has 0 aliphatic carbocycles. The molecule has 0 aliphatic rings. The Morgan fingerprint density at radius 3 is 2.57 bits per heavy atom. The van der Waals surface area contributed by atoms with E-state index in [-0.39, 0.29) is 4.90 Å². The van der Waals surface area contributed by atoms with E-state index >= 15 is 0 Å². The normalized spacial score (nSPS) is 12.5. The summed E-state index contributed by atoms with van der Waals surface area (Å²) in [5.74, 6) is 2.01. The molecule has 0 fully saturated rings. The Morgan fingerprint density at radius 2 is 1.87 bits per heavy atom. The maximum Gasteiger partial charge on any atom is 0.256 e. The monoisotopic (exact) mass is 445 g/mol. The van der Waals surface area contributed by atoms with Crippen LogP contribution in [0.3, 0.4) is 0 Å². The Bertz CT molecular complexity index is 1360. The summed E-state index contributed by atoms with van der Waals surface area (Å²) < 4.78 is 30.1. The number of aryl methyl sites for hydroxylation is 3. The van der Waals surface area contributed by atoms with Gasteiger partial charge in [-0.25, -0.2) is 22.7 Å². The van der Waals surface area contributed by atoms with Gasteiger partial charge in [-0.1, -0.05) is 11.8 Å². The number of rotatable bonds is 6. The first kappa shape index (κ1) is 20.8. The zero-order chi connectivity index (χ0) is 21.6. The van der Waals surface area contributed by atoms with E-state index in [0.717, 1.165) is 34.4 Å². The minimum atomic E-state index is -3.51. The first-order valence-corrected chi connectivity index (χ1v) is 11.9. The fraction of sp³-hybridized carbons (Fsp3) is 0.368. The quantitative estimate of drug-likeness (QED) is 0.421. The van der Waals surface area contributed by atoms with Crippen molar-refractivity contribution in [3.8, 4) is 0 Å². The maximum atomic E-state index is 12.5. The van der Waals surface area contributed by atoms with E-state index < -0.39 is 10.0 Å². The molecule has 0 saturated heterocycles. The van der Waals surface area contributed by atoms with Gasteiger partial charge in [0.2, 0.25) is 10.0 Å². The van der Waals surface area contributed by atoms with Crippen molar-refractivity contribution in [2.75, 3.05) is 14.1 Å². The molecule has 0 saturated carbocycles. The molecule has 11 heteroatoms. The summed E-state index contributed by atoms with van der Waals surface area (Å²) in [7, 11) is -0.466. The summed E-state index contributed by atoms with van der Waals surface area (Å²) in [5.41, 5.74) is 3.49. The molecule has 9 nitrogen and oxygen atoms in total. The van der Waals surface area contributed by atoms with Gasteiger partial charge in [-0.3, -0.25) is 4.40 Å². The number of fused-ring (bicyclic) bond motifs is 2. The van der Waals surface area contributed by atoms with E-state index in [1.165, 1.54) is 30.2 Å². The Hall–Kier alpha value is -2.50. The SMILES string of the molecule is CCn1c(CSc2nnc3nc(C)cc(C)n23)nc2cc(S(=O)(=O)N(C)C)ccc21. The van der Waals surface area contributed by atoms with Crippen molar-refractivity contribution in [2.24, 2.45) is 0 Å². The third-order valence-corrected chi connectivity index (χ3v) is 7.62. The van der Waals surface area contributed by atoms with Crippen molar-refractivity contribution in [3.63, 3.8) is 0 Å². The number of nitrogens with zero attached hydrogens (tertiary/aromatic N) is 7. The molecule has 0 unspecified atom stereocenters. The molecule has 0 aliphatic heterocycles. The van der Waals surface area contributed by atoms with Crippen LogP contribution in [0.4, 0.5) is 0 Å². The lowest BCUT2D eigenvalue weighted by Crippen LogP contribution is -2.22. The highest BCUT2D eigenvalue weighted by atomic mass is 32.2. The molecule has 4 aromatic rings. The molecule has 0 bridgehead atoms. The second kappa shape index (κ2) is 7.64. The predicted octanol–water partition coefficient (Wildman–Crippen LogP) is 2.65. The molecule has 0 radical (unpaired) electrons. The number of benzene rings is 1. The van der Waals surface area contributed by atoms with E-state index in [2.05, 4.69) is 19.7 Å². The van der Waals surface area contributed by atoms with Crippen LogP contribution in [0, 0.1) is 13.8 Å². The predicted molar refractivity (Wildman–Crippen MR) is 116 cm³/mol. The molecule has 1 aromatic carbocycles. The summed E-state index contributed by atoms with van der Waals surface area (Å²) in [6, 6.07) is 7.08. The van der Waals surface area contributed by atoms with Crippen LogP contribution in [0.5, 0.6) is 0 Å². The van der Waals surface area contributed by atoms with Crippen LogP contribution in [-0.2, 0) is 22.3 Å². The van der Waals surface area contributed by atoms with Crippen LogP contribution in [-0.4, -0.2) is 56.0 Å². The minimum absolute atomic E-state index is 0.237. The number of sulfonamides is 1. The van der Waals surface area contributed by atoms with Crippen LogP contribution in [0.1, 0.15) is 24.1 Å². The highest BCUT2D eigenvalue weighted by Crippen LogP contribution is 2.27. The highest BCUT2D eigenvalue weighted by Gasteiger charge is 2.20. The number of hydrogen-bond acceptors (Lipinski definition) is 7.